The van der Waals surface area contributed by atoms with Gasteiger partial charge in [-0.25, -0.2) is 9.59 Å². The fourth-order valence-corrected chi connectivity index (χ4v) is 3.89. The molecule has 6 nitrogen and oxygen atoms in total. The molecule has 0 aliphatic carbocycles. The summed E-state index contributed by atoms with van der Waals surface area (Å²) in [6, 6.07) is 8.80. The summed E-state index contributed by atoms with van der Waals surface area (Å²) < 4.78 is 4.65. The maximum Gasteiger partial charge on any atom is 0.337 e. The van der Waals surface area contributed by atoms with Gasteiger partial charge >= 0.3 is 12.0 Å². The van der Waals surface area contributed by atoms with E-state index in [1.807, 2.05) is 11.3 Å². The van der Waals surface area contributed by atoms with E-state index in [1.54, 1.807) is 24.3 Å². The molecule has 26 heavy (non-hydrogen) atoms. The van der Waals surface area contributed by atoms with Crippen LogP contribution in [0, 0.1) is 0 Å². The van der Waals surface area contributed by atoms with E-state index in [-0.39, 0.29) is 12.1 Å². The Hall–Kier alpha value is -2.38. The maximum atomic E-state index is 12.1. The average molecular weight is 373 g/mol. The predicted octanol–water partition coefficient (Wildman–Crippen LogP) is 3.10. The highest BCUT2D eigenvalue weighted by Gasteiger charge is 2.21. The van der Waals surface area contributed by atoms with E-state index < -0.39 is 5.97 Å². The molecule has 0 radical (unpaired) electrons. The van der Waals surface area contributed by atoms with Crippen molar-refractivity contribution in [3.8, 4) is 0 Å². The van der Waals surface area contributed by atoms with E-state index in [9.17, 15) is 9.59 Å². The van der Waals surface area contributed by atoms with Gasteiger partial charge in [-0.05, 0) is 54.6 Å². The Morgan fingerprint density at radius 1 is 1.27 bits per heavy atom. The molecule has 0 fully saturated rings. The lowest BCUT2D eigenvalue weighted by molar-refractivity contribution is 0.0601. The van der Waals surface area contributed by atoms with Gasteiger partial charge in [-0.2, -0.15) is 0 Å². The SMILES string of the molecule is COC(=O)c1ccc(NC(=O)NC[C@@H](C)N2CCc3sccc3C2)cc1. The fraction of sp³-hybridized carbons (Fsp3) is 0.368. The second-order valence-electron chi connectivity index (χ2n) is 6.34. The largest absolute Gasteiger partial charge is 0.465 e. The van der Waals surface area contributed by atoms with Crippen LogP contribution in [0.15, 0.2) is 35.7 Å². The van der Waals surface area contributed by atoms with Crippen LogP contribution in [0.2, 0.25) is 0 Å². The number of fused-ring (bicyclic) bond motifs is 1. The molecule has 7 heteroatoms. The highest BCUT2D eigenvalue weighted by atomic mass is 32.1. The van der Waals surface area contributed by atoms with Crippen LogP contribution in [0.4, 0.5) is 10.5 Å². The Kier molecular flexibility index (Phi) is 5.90. The molecule has 0 saturated heterocycles. The van der Waals surface area contributed by atoms with Crippen LogP contribution in [0.3, 0.4) is 0 Å². The van der Waals surface area contributed by atoms with E-state index >= 15 is 0 Å². The van der Waals surface area contributed by atoms with Gasteiger partial charge in [0.1, 0.15) is 0 Å². The molecule has 1 aliphatic heterocycles. The number of ether oxygens (including phenoxy) is 1. The van der Waals surface area contributed by atoms with Crippen LogP contribution in [0.25, 0.3) is 0 Å². The first kappa shape index (κ1) is 18.4. The normalized spacial score (nSPS) is 15.0. The minimum Gasteiger partial charge on any atom is -0.465 e. The van der Waals surface area contributed by atoms with Crippen molar-refractivity contribution in [2.75, 3.05) is 25.5 Å². The van der Waals surface area contributed by atoms with Crippen LogP contribution in [-0.4, -0.2) is 43.1 Å². The van der Waals surface area contributed by atoms with Crippen molar-refractivity contribution in [3.63, 3.8) is 0 Å². The Bertz CT molecular complexity index is 773. The van der Waals surface area contributed by atoms with Gasteiger partial charge in [-0.1, -0.05) is 0 Å². The number of rotatable bonds is 5. The van der Waals surface area contributed by atoms with E-state index in [0.717, 1.165) is 19.5 Å². The minimum absolute atomic E-state index is 0.254. The molecule has 1 aliphatic rings. The number of benzene rings is 1. The predicted molar refractivity (Wildman–Crippen MR) is 103 cm³/mol. The minimum atomic E-state index is -0.398. The lowest BCUT2D eigenvalue weighted by Gasteiger charge is -2.32. The molecular weight excluding hydrogens is 350 g/mol. The molecule has 1 aromatic heterocycles. The molecule has 0 spiro atoms. The monoisotopic (exact) mass is 373 g/mol. The molecule has 0 unspecified atom stereocenters. The molecule has 0 bridgehead atoms. The summed E-state index contributed by atoms with van der Waals surface area (Å²) in [6.45, 7) is 4.67. The Morgan fingerprint density at radius 2 is 2.04 bits per heavy atom. The second-order valence-corrected chi connectivity index (χ2v) is 7.34. The summed E-state index contributed by atoms with van der Waals surface area (Å²) in [6.07, 6.45) is 1.08. The third-order valence-electron chi connectivity index (χ3n) is 4.58. The molecule has 2 heterocycles. The Morgan fingerprint density at radius 3 is 2.77 bits per heavy atom. The molecule has 2 amide bonds. The van der Waals surface area contributed by atoms with E-state index in [2.05, 4.69) is 38.6 Å². The number of carbonyl (C=O) groups is 2. The molecule has 1 atom stereocenters. The van der Waals surface area contributed by atoms with Crippen LogP contribution in [-0.2, 0) is 17.7 Å². The Balaban J connectivity index is 1.46. The van der Waals surface area contributed by atoms with Gasteiger partial charge in [0.15, 0.2) is 0 Å². The van der Waals surface area contributed by atoms with Gasteiger partial charge in [0.05, 0.1) is 12.7 Å². The summed E-state index contributed by atoms with van der Waals surface area (Å²) in [4.78, 5) is 27.4. The zero-order valence-electron chi connectivity index (χ0n) is 15.0. The van der Waals surface area contributed by atoms with Crippen LogP contribution >= 0.6 is 11.3 Å². The van der Waals surface area contributed by atoms with Crippen LogP contribution in [0.1, 0.15) is 27.7 Å². The van der Waals surface area contributed by atoms with Crippen LogP contribution in [0.5, 0.6) is 0 Å². The lowest BCUT2D eigenvalue weighted by atomic mass is 10.1. The smallest absolute Gasteiger partial charge is 0.337 e. The third-order valence-corrected chi connectivity index (χ3v) is 5.61. The molecule has 2 N–H and O–H groups in total. The summed E-state index contributed by atoms with van der Waals surface area (Å²) in [5.74, 6) is -0.398. The second kappa shape index (κ2) is 8.33. The quantitative estimate of drug-likeness (QED) is 0.790. The first-order valence-electron chi connectivity index (χ1n) is 8.59. The van der Waals surface area contributed by atoms with Crippen molar-refractivity contribution < 1.29 is 14.3 Å². The topological polar surface area (TPSA) is 70.7 Å². The third kappa shape index (κ3) is 4.42. The number of urea groups is 1. The molecule has 0 saturated carbocycles. The van der Waals surface area contributed by atoms with Crippen molar-refractivity contribution in [3.05, 3.63) is 51.7 Å². The summed E-state index contributed by atoms with van der Waals surface area (Å²) in [5.41, 5.74) is 2.48. The van der Waals surface area contributed by atoms with E-state index in [1.165, 1.54) is 17.6 Å². The highest BCUT2D eigenvalue weighted by Crippen LogP contribution is 2.24. The van der Waals surface area contributed by atoms with Gasteiger partial charge in [0, 0.05) is 36.2 Å². The number of nitrogens with one attached hydrogen (secondary N) is 2. The summed E-state index contributed by atoms with van der Waals surface area (Å²) in [5, 5.41) is 7.84. The number of anilines is 1. The molecule has 1 aromatic carbocycles. The van der Waals surface area contributed by atoms with E-state index in [0.29, 0.717) is 17.8 Å². The number of hydrogen-bond acceptors (Lipinski definition) is 5. The first-order valence-corrected chi connectivity index (χ1v) is 9.47. The highest BCUT2D eigenvalue weighted by molar-refractivity contribution is 7.10. The molecular formula is C19H23N3O3S. The van der Waals surface area contributed by atoms with Crippen molar-refractivity contribution in [2.45, 2.75) is 25.9 Å². The molecule has 2 aromatic rings. The zero-order chi connectivity index (χ0) is 18.5. The van der Waals surface area contributed by atoms with Gasteiger partial charge in [-0.3, -0.25) is 4.90 Å². The first-order chi connectivity index (χ1) is 12.6. The number of amides is 2. The van der Waals surface area contributed by atoms with Crippen molar-refractivity contribution in [1.29, 1.82) is 0 Å². The lowest BCUT2D eigenvalue weighted by Crippen LogP contribution is -2.45. The summed E-state index contributed by atoms with van der Waals surface area (Å²) >= 11 is 1.83. The number of nitrogens with zero attached hydrogens (tertiary/aromatic N) is 1. The van der Waals surface area contributed by atoms with Crippen molar-refractivity contribution >= 4 is 29.0 Å². The Labute approximate surface area is 157 Å². The van der Waals surface area contributed by atoms with Gasteiger partial charge in [0.2, 0.25) is 0 Å². The van der Waals surface area contributed by atoms with Crippen molar-refractivity contribution in [2.24, 2.45) is 0 Å². The average Bonchev–Trinajstić information content (AvgIpc) is 3.13. The number of carbonyl (C=O) groups excluding carboxylic acids is 2. The number of thiophene rings is 1. The number of hydrogen-bond donors (Lipinski definition) is 2. The molecule has 138 valence electrons. The maximum absolute atomic E-state index is 12.1. The fourth-order valence-electron chi connectivity index (χ4n) is 3.00. The number of methoxy groups -OCH3 is 1. The zero-order valence-corrected chi connectivity index (χ0v) is 15.8. The van der Waals surface area contributed by atoms with Crippen LogP contribution < -0.4 is 10.6 Å². The van der Waals surface area contributed by atoms with Crippen molar-refractivity contribution in [1.82, 2.24) is 10.2 Å². The molecule has 3 rings (SSSR count). The van der Waals surface area contributed by atoms with Gasteiger partial charge < -0.3 is 15.4 Å². The summed E-state index contributed by atoms with van der Waals surface area (Å²) in [7, 11) is 1.34. The van der Waals surface area contributed by atoms with Gasteiger partial charge in [0.25, 0.3) is 0 Å². The number of esters is 1. The van der Waals surface area contributed by atoms with E-state index in [4.69, 9.17) is 0 Å². The standard InChI is InChI=1S/C19H23N3O3S/c1-13(22-9-7-17-15(12-22)8-10-26-17)11-20-19(24)21-16-5-3-14(4-6-16)18(23)25-2/h3-6,8,10,13H,7,9,11-12H2,1-2H3,(H2,20,21,24)/t13-/m1/s1. The van der Waals surface area contributed by atoms with Gasteiger partial charge in [-0.15, -0.1) is 11.3 Å².